The first-order chi connectivity index (χ1) is 8.92. The van der Waals surface area contributed by atoms with Crippen molar-refractivity contribution in [3.05, 3.63) is 27.2 Å². The van der Waals surface area contributed by atoms with Gasteiger partial charge in [0.2, 0.25) is 0 Å². The van der Waals surface area contributed by atoms with Gasteiger partial charge in [0.25, 0.3) is 0 Å². The van der Waals surface area contributed by atoms with Gasteiger partial charge in [0, 0.05) is 16.6 Å². The second-order valence-corrected chi connectivity index (χ2v) is 6.44. The van der Waals surface area contributed by atoms with Gasteiger partial charge in [-0.25, -0.2) is 0 Å². The van der Waals surface area contributed by atoms with E-state index < -0.39 is 0 Å². The molecular weight excluding hydrogens is 326 g/mol. The van der Waals surface area contributed by atoms with Gasteiger partial charge in [-0.05, 0) is 46.4 Å². The highest BCUT2D eigenvalue weighted by Crippen LogP contribution is 2.39. The molecular formula is C15H23BrClNO. The second-order valence-electron chi connectivity index (χ2n) is 5.15. The maximum atomic E-state index is 6.19. The van der Waals surface area contributed by atoms with Crippen molar-refractivity contribution in [1.82, 2.24) is 5.32 Å². The monoisotopic (exact) mass is 347 g/mol. The fraction of sp³-hybridized carbons (Fsp3) is 0.600. The summed E-state index contributed by atoms with van der Waals surface area (Å²) in [5.74, 6) is 1.92. The van der Waals surface area contributed by atoms with Crippen LogP contribution in [0.15, 0.2) is 16.6 Å². The van der Waals surface area contributed by atoms with Crippen LogP contribution in [0.3, 0.4) is 0 Å². The fourth-order valence-electron chi connectivity index (χ4n) is 2.21. The van der Waals surface area contributed by atoms with E-state index in [1.807, 2.05) is 12.1 Å². The molecule has 0 bridgehead atoms. The Kier molecular flexibility index (Phi) is 6.64. The number of halogens is 2. The molecule has 0 saturated heterocycles. The molecule has 0 fully saturated rings. The molecule has 4 heteroatoms. The van der Waals surface area contributed by atoms with Crippen LogP contribution < -0.4 is 10.1 Å². The Hall–Kier alpha value is -0.250. The Morgan fingerprint density at radius 1 is 1.32 bits per heavy atom. The van der Waals surface area contributed by atoms with Gasteiger partial charge in [-0.15, -0.1) is 0 Å². The number of rotatable bonds is 6. The van der Waals surface area contributed by atoms with E-state index in [-0.39, 0.29) is 6.04 Å². The van der Waals surface area contributed by atoms with E-state index in [2.05, 4.69) is 48.9 Å². The summed E-state index contributed by atoms with van der Waals surface area (Å²) < 4.78 is 6.44. The Labute approximate surface area is 130 Å². The van der Waals surface area contributed by atoms with Crippen molar-refractivity contribution >= 4 is 27.5 Å². The predicted octanol–water partition coefficient (Wildman–Crippen LogP) is 5.05. The molecule has 1 aromatic carbocycles. The lowest BCUT2D eigenvalue weighted by Crippen LogP contribution is -2.30. The Morgan fingerprint density at radius 2 is 1.95 bits per heavy atom. The van der Waals surface area contributed by atoms with Crippen LogP contribution in [0.5, 0.6) is 5.75 Å². The Balaban J connectivity index is 3.28. The standard InChI is InChI=1S/C15H23BrClNO/c1-6-18-14(10(4)9(2)3)12-7-11(17)8-13(16)15(12)19-5/h7-10,14,18H,6H2,1-5H3. The summed E-state index contributed by atoms with van der Waals surface area (Å²) in [6.45, 7) is 9.76. The predicted molar refractivity (Wildman–Crippen MR) is 86.1 cm³/mol. The van der Waals surface area contributed by atoms with E-state index in [9.17, 15) is 0 Å². The zero-order valence-corrected chi connectivity index (χ0v) is 14.6. The van der Waals surface area contributed by atoms with Crippen LogP contribution in [0, 0.1) is 11.8 Å². The molecule has 1 rings (SSSR count). The molecule has 0 amide bonds. The molecule has 1 aromatic rings. The summed E-state index contributed by atoms with van der Waals surface area (Å²) >= 11 is 9.72. The van der Waals surface area contributed by atoms with Crippen LogP contribution in [0.4, 0.5) is 0 Å². The zero-order chi connectivity index (χ0) is 14.6. The van der Waals surface area contributed by atoms with Crippen LogP contribution >= 0.6 is 27.5 Å². The fourth-order valence-corrected chi connectivity index (χ4v) is 3.21. The summed E-state index contributed by atoms with van der Waals surface area (Å²) in [4.78, 5) is 0. The summed E-state index contributed by atoms with van der Waals surface area (Å²) in [7, 11) is 1.69. The summed E-state index contributed by atoms with van der Waals surface area (Å²) in [6, 6.07) is 4.10. The number of hydrogen-bond acceptors (Lipinski definition) is 2. The number of methoxy groups -OCH3 is 1. The highest BCUT2D eigenvalue weighted by Gasteiger charge is 2.25. The largest absolute Gasteiger partial charge is 0.495 e. The Morgan fingerprint density at radius 3 is 2.42 bits per heavy atom. The average Bonchev–Trinajstić information content (AvgIpc) is 2.34. The lowest BCUT2D eigenvalue weighted by atomic mass is 9.85. The van der Waals surface area contributed by atoms with Crippen molar-refractivity contribution in [2.24, 2.45) is 11.8 Å². The van der Waals surface area contributed by atoms with Crippen LogP contribution in [-0.2, 0) is 0 Å². The molecule has 1 N–H and O–H groups in total. The van der Waals surface area contributed by atoms with E-state index in [0.29, 0.717) is 11.8 Å². The van der Waals surface area contributed by atoms with Crippen molar-refractivity contribution < 1.29 is 4.74 Å². The lowest BCUT2D eigenvalue weighted by Gasteiger charge is -2.29. The average molecular weight is 349 g/mol. The van der Waals surface area contributed by atoms with Crippen LogP contribution in [0.25, 0.3) is 0 Å². The lowest BCUT2D eigenvalue weighted by molar-refractivity contribution is 0.297. The van der Waals surface area contributed by atoms with Crippen LogP contribution in [0.2, 0.25) is 5.02 Å². The van der Waals surface area contributed by atoms with E-state index in [4.69, 9.17) is 16.3 Å². The molecule has 0 saturated carbocycles. The van der Waals surface area contributed by atoms with Crippen LogP contribution in [-0.4, -0.2) is 13.7 Å². The molecule has 0 spiro atoms. The first-order valence-electron chi connectivity index (χ1n) is 6.68. The van der Waals surface area contributed by atoms with E-state index in [1.54, 1.807) is 7.11 Å². The number of hydrogen-bond donors (Lipinski definition) is 1. The molecule has 2 unspecified atom stereocenters. The topological polar surface area (TPSA) is 21.3 Å². The van der Waals surface area contributed by atoms with Gasteiger partial charge in [-0.2, -0.15) is 0 Å². The van der Waals surface area contributed by atoms with E-state index >= 15 is 0 Å². The van der Waals surface area contributed by atoms with Crippen molar-refractivity contribution in [2.75, 3.05) is 13.7 Å². The van der Waals surface area contributed by atoms with Crippen molar-refractivity contribution in [3.8, 4) is 5.75 Å². The van der Waals surface area contributed by atoms with Crippen LogP contribution in [0.1, 0.15) is 39.3 Å². The molecule has 0 aromatic heterocycles. The molecule has 2 nitrogen and oxygen atoms in total. The minimum absolute atomic E-state index is 0.231. The van der Waals surface area contributed by atoms with Gasteiger partial charge in [0.15, 0.2) is 0 Å². The first-order valence-corrected chi connectivity index (χ1v) is 7.85. The molecule has 2 atom stereocenters. The van der Waals surface area contributed by atoms with Gasteiger partial charge in [0.05, 0.1) is 11.6 Å². The molecule has 0 aliphatic rings. The molecule has 19 heavy (non-hydrogen) atoms. The summed E-state index contributed by atoms with van der Waals surface area (Å²) in [6.07, 6.45) is 0. The maximum absolute atomic E-state index is 6.19. The normalized spacial score (nSPS) is 14.5. The zero-order valence-electron chi connectivity index (χ0n) is 12.3. The van der Waals surface area contributed by atoms with Gasteiger partial charge in [-0.3, -0.25) is 0 Å². The van der Waals surface area contributed by atoms with Crippen molar-refractivity contribution in [2.45, 2.75) is 33.7 Å². The number of benzene rings is 1. The SMILES string of the molecule is CCNC(c1cc(Cl)cc(Br)c1OC)C(C)C(C)C. The smallest absolute Gasteiger partial charge is 0.137 e. The van der Waals surface area contributed by atoms with Gasteiger partial charge in [0.1, 0.15) is 5.75 Å². The van der Waals surface area contributed by atoms with Gasteiger partial charge < -0.3 is 10.1 Å². The number of nitrogens with one attached hydrogen (secondary N) is 1. The third-order valence-electron chi connectivity index (χ3n) is 3.58. The first kappa shape index (κ1) is 16.8. The quantitative estimate of drug-likeness (QED) is 0.776. The van der Waals surface area contributed by atoms with Crippen molar-refractivity contribution in [1.29, 1.82) is 0 Å². The Bertz CT molecular complexity index is 423. The molecule has 0 aliphatic heterocycles. The van der Waals surface area contributed by atoms with Gasteiger partial charge in [-0.1, -0.05) is 39.3 Å². The second kappa shape index (κ2) is 7.51. The van der Waals surface area contributed by atoms with E-state index in [1.165, 1.54) is 0 Å². The summed E-state index contributed by atoms with van der Waals surface area (Å²) in [5.41, 5.74) is 1.12. The summed E-state index contributed by atoms with van der Waals surface area (Å²) in [5, 5.41) is 4.27. The highest BCUT2D eigenvalue weighted by atomic mass is 79.9. The third kappa shape index (κ3) is 4.11. The molecule has 108 valence electrons. The number of ether oxygens (including phenoxy) is 1. The minimum Gasteiger partial charge on any atom is -0.495 e. The maximum Gasteiger partial charge on any atom is 0.137 e. The molecule has 0 aliphatic carbocycles. The third-order valence-corrected chi connectivity index (χ3v) is 4.38. The molecule has 0 radical (unpaired) electrons. The van der Waals surface area contributed by atoms with E-state index in [0.717, 1.165) is 27.4 Å². The van der Waals surface area contributed by atoms with Crippen molar-refractivity contribution in [3.63, 3.8) is 0 Å². The minimum atomic E-state index is 0.231. The van der Waals surface area contributed by atoms with Gasteiger partial charge >= 0.3 is 0 Å². The molecule has 0 heterocycles. The highest BCUT2D eigenvalue weighted by molar-refractivity contribution is 9.10.